The fraction of sp³-hybridized carbons (Fsp3) is 0.500. The Morgan fingerprint density at radius 2 is 1.72 bits per heavy atom. The maximum absolute atomic E-state index is 13.4. The van der Waals surface area contributed by atoms with E-state index >= 15 is 0 Å². The molecule has 0 saturated carbocycles. The summed E-state index contributed by atoms with van der Waals surface area (Å²) in [5.41, 5.74) is 1.25. The van der Waals surface area contributed by atoms with Crippen molar-refractivity contribution in [1.29, 1.82) is 0 Å². The van der Waals surface area contributed by atoms with Crippen LogP contribution in [-0.2, 0) is 11.3 Å². The summed E-state index contributed by atoms with van der Waals surface area (Å²) in [5.74, 6) is -1.79. The zero-order valence-electron chi connectivity index (χ0n) is 17.5. The van der Waals surface area contributed by atoms with Gasteiger partial charge >= 0.3 is 0 Å². The van der Waals surface area contributed by atoms with Crippen LogP contribution in [0, 0.1) is 11.6 Å². The molecule has 1 saturated heterocycles. The van der Waals surface area contributed by atoms with Crippen molar-refractivity contribution in [3.63, 3.8) is 0 Å². The Morgan fingerprint density at radius 1 is 1.03 bits per heavy atom. The van der Waals surface area contributed by atoms with Crippen LogP contribution in [0.15, 0.2) is 35.7 Å². The number of likely N-dealkylation sites (tertiary alicyclic amines) is 1. The molecule has 0 spiro atoms. The third-order valence-electron chi connectivity index (χ3n) is 5.20. The summed E-state index contributed by atoms with van der Waals surface area (Å²) in [7, 11) is 0. The van der Waals surface area contributed by atoms with Gasteiger partial charge in [0, 0.05) is 30.6 Å². The van der Waals surface area contributed by atoms with Gasteiger partial charge in [0.2, 0.25) is 0 Å². The number of β-amino-alcohol motifs (C(OH)–C–C–N with tert-alkyl or cyclic N) is 2. The minimum atomic E-state index is -1.35. The van der Waals surface area contributed by atoms with Crippen LogP contribution in [0.5, 0.6) is 0 Å². The molecule has 0 amide bonds. The lowest BCUT2D eigenvalue weighted by atomic mass is 10.1. The van der Waals surface area contributed by atoms with Crippen LogP contribution in [0.4, 0.5) is 8.78 Å². The molecule has 0 aliphatic carbocycles. The average molecular weight is 471 g/mol. The number of rotatable bonds is 9. The standard InChI is InChI=1S/C22H28F2N2O5S/c23-16-6-5-14(9-17(16)24)22-25-15(13-32-22)12-31-8-4-2-1-3-7-26-10-18(27)20(29)21(30)19(28)11-26/h1-2,5-6,9,13,18-21,27-30H,3-4,7-8,10-12H2/b2-1+/t18-,19-,20+,21+/m0/s1. The van der Waals surface area contributed by atoms with E-state index in [9.17, 15) is 29.2 Å². The van der Waals surface area contributed by atoms with Crippen LogP contribution in [0.2, 0.25) is 0 Å². The van der Waals surface area contributed by atoms with Crippen LogP contribution in [0.1, 0.15) is 18.5 Å². The number of ether oxygens (including phenoxy) is 1. The van der Waals surface area contributed by atoms with Gasteiger partial charge in [-0.25, -0.2) is 13.8 Å². The molecule has 4 N–H and O–H groups in total. The Kier molecular flexibility index (Phi) is 9.23. The van der Waals surface area contributed by atoms with E-state index in [0.29, 0.717) is 43.2 Å². The second-order valence-electron chi connectivity index (χ2n) is 7.75. The Balaban J connectivity index is 1.33. The molecule has 32 heavy (non-hydrogen) atoms. The molecular formula is C22H28F2N2O5S. The van der Waals surface area contributed by atoms with E-state index in [1.807, 2.05) is 22.4 Å². The average Bonchev–Trinajstić information content (AvgIpc) is 3.21. The maximum Gasteiger partial charge on any atom is 0.159 e. The van der Waals surface area contributed by atoms with Crippen LogP contribution < -0.4 is 0 Å². The molecule has 3 rings (SSSR count). The second-order valence-corrected chi connectivity index (χ2v) is 8.61. The molecule has 0 bridgehead atoms. The number of thiazole rings is 1. The van der Waals surface area contributed by atoms with Gasteiger partial charge in [-0.05, 0) is 31.0 Å². The summed E-state index contributed by atoms with van der Waals surface area (Å²) in [6.07, 6.45) is 0.423. The van der Waals surface area contributed by atoms with Gasteiger partial charge in [0.1, 0.15) is 17.2 Å². The van der Waals surface area contributed by atoms with E-state index < -0.39 is 36.1 Å². The van der Waals surface area contributed by atoms with E-state index in [2.05, 4.69) is 4.98 Å². The molecule has 1 aromatic heterocycles. The Labute approximate surface area is 189 Å². The third-order valence-corrected chi connectivity index (χ3v) is 6.14. The Morgan fingerprint density at radius 3 is 2.41 bits per heavy atom. The van der Waals surface area contributed by atoms with Crippen molar-refractivity contribution in [2.75, 3.05) is 26.2 Å². The van der Waals surface area contributed by atoms with Crippen LogP contribution >= 0.6 is 11.3 Å². The lowest BCUT2D eigenvalue weighted by Crippen LogP contribution is -2.43. The lowest BCUT2D eigenvalue weighted by Gasteiger charge is -2.22. The lowest BCUT2D eigenvalue weighted by molar-refractivity contribution is -0.0894. The zero-order valence-corrected chi connectivity index (χ0v) is 18.3. The van der Waals surface area contributed by atoms with Gasteiger partial charge in [-0.1, -0.05) is 12.2 Å². The molecule has 2 aromatic rings. The van der Waals surface area contributed by atoms with Crippen LogP contribution in [-0.4, -0.2) is 81.0 Å². The van der Waals surface area contributed by atoms with E-state index in [1.165, 1.54) is 17.4 Å². The highest BCUT2D eigenvalue weighted by molar-refractivity contribution is 7.13. The van der Waals surface area contributed by atoms with E-state index in [-0.39, 0.29) is 13.1 Å². The van der Waals surface area contributed by atoms with Gasteiger partial charge in [-0.2, -0.15) is 0 Å². The summed E-state index contributed by atoms with van der Waals surface area (Å²) < 4.78 is 32.0. The normalized spacial score (nSPS) is 24.8. The van der Waals surface area contributed by atoms with Crippen molar-refractivity contribution >= 4 is 11.3 Å². The summed E-state index contributed by atoms with van der Waals surface area (Å²) in [6.45, 7) is 1.77. The number of aromatic nitrogens is 1. The van der Waals surface area contributed by atoms with E-state index in [1.54, 1.807) is 0 Å². The molecule has 176 valence electrons. The zero-order chi connectivity index (χ0) is 23.1. The monoisotopic (exact) mass is 470 g/mol. The minimum absolute atomic E-state index is 0.187. The quantitative estimate of drug-likeness (QED) is 0.327. The highest BCUT2D eigenvalue weighted by Gasteiger charge is 2.35. The molecule has 4 atom stereocenters. The van der Waals surface area contributed by atoms with Crippen molar-refractivity contribution in [2.45, 2.75) is 43.9 Å². The van der Waals surface area contributed by atoms with Crippen molar-refractivity contribution < 1.29 is 33.9 Å². The first kappa shape index (κ1) is 24.8. The molecule has 2 heterocycles. The van der Waals surface area contributed by atoms with Gasteiger partial charge in [-0.15, -0.1) is 11.3 Å². The number of hydrogen-bond acceptors (Lipinski definition) is 8. The van der Waals surface area contributed by atoms with Gasteiger partial charge in [0.15, 0.2) is 11.6 Å². The van der Waals surface area contributed by atoms with Gasteiger partial charge in [0.05, 0.1) is 31.1 Å². The third kappa shape index (κ3) is 6.85. The molecule has 1 aromatic carbocycles. The van der Waals surface area contributed by atoms with Crippen molar-refractivity contribution in [1.82, 2.24) is 9.88 Å². The molecule has 10 heteroatoms. The predicted molar refractivity (Wildman–Crippen MR) is 116 cm³/mol. The fourth-order valence-electron chi connectivity index (χ4n) is 3.41. The molecule has 1 aliphatic heterocycles. The summed E-state index contributed by atoms with van der Waals surface area (Å²) in [6, 6.07) is 3.70. The van der Waals surface area contributed by atoms with Crippen molar-refractivity contribution in [3.8, 4) is 10.6 Å². The summed E-state index contributed by atoms with van der Waals surface area (Å²) in [5, 5.41) is 41.6. The number of nitrogens with zero attached hydrogens (tertiary/aromatic N) is 2. The maximum atomic E-state index is 13.4. The largest absolute Gasteiger partial charge is 0.389 e. The number of halogens is 2. The SMILES string of the molecule is O[C@H]1[C@H](O)[C@@H](O)CN(CC/C=C/CCOCc2csc(-c3ccc(F)c(F)c3)n2)C[C@@H]1O. The topological polar surface area (TPSA) is 106 Å². The van der Waals surface area contributed by atoms with E-state index in [4.69, 9.17) is 4.74 Å². The summed E-state index contributed by atoms with van der Waals surface area (Å²) in [4.78, 5) is 6.19. The number of aliphatic hydroxyl groups is 4. The summed E-state index contributed by atoms with van der Waals surface area (Å²) >= 11 is 1.34. The number of hydrogen-bond donors (Lipinski definition) is 4. The van der Waals surface area contributed by atoms with Crippen LogP contribution in [0.25, 0.3) is 10.6 Å². The first-order chi connectivity index (χ1) is 15.3. The van der Waals surface area contributed by atoms with Gasteiger partial charge in [0.25, 0.3) is 0 Å². The number of benzene rings is 1. The van der Waals surface area contributed by atoms with Crippen molar-refractivity contribution in [2.24, 2.45) is 0 Å². The second kappa shape index (κ2) is 11.9. The highest BCUT2D eigenvalue weighted by Crippen LogP contribution is 2.25. The molecular weight excluding hydrogens is 442 g/mol. The Bertz CT molecular complexity index is 881. The molecule has 1 fully saturated rings. The molecule has 0 radical (unpaired) electrons. The van der Waals surface area contributed by atoms with E-state index in [0.717, 1.165) is 17.8 Å². The van der Waals surface area contributed by atoms with Gasteiger partial charge in [-0.3, -0.25) is 4.90 Å². The fourth-order valence-corrected chi connectivity index (χ4v) is 4.21. The Hall–Kier alpha value is -1.79. The van der Waals surface area contributed by atoms with Crippen molar-refractivity contribution in [3.05, 3.63) is 53.1 Å². The van der Waals surface area contributed by atoms with Gasteiger partial charge < -0.3 is 25.2 Å². The predicted octanol–water partition coefficient (Wildman–Crippen LogP) is 1.70. The molecule has 7 nitrogen and oxygen atoms in total. The first-order valence-electron chi connectivity index (χ1n) is 10.4. The molecule has 0 unspecified atom stereocenters. The smallest absolute Gasteiger partial charge is 0.159 e. The molecule has 1 aliphatic rings. The highest BCUT2D eigenvalue weighted by atomic mass is 32.1. The number of aliphatic hydroxyl groups excluding tert-OH is 4. The van der Waals surface area contributed by atoms with Crippen LogP contribution in [0.3, 0.4) is 0 Å². The first-order valence-corrected chi connectivity index (χ1v) is 11.3. The minimum Gasteiger partial charge on any atom is -0.389 e.